The molecule has 0 unspecified atom stereocenters. The Morgan fingerprint density at radius 2 is 1.63 bits per heavy atom. The standard InChI is InChI=1S/C26H26N6O3/c1-18-5-11-21(12-6-18)29-23(33)14-28-26(35)22-17-32(30-25(22)27)16-20-9-7-19(8-10-20)15-31-13-3-2-4-24(31)34/h2-13,17H,14-16H2,1H3,(H2,27,30)(H,28,35)(H,29,33). The van der Waals surface area contributed by atoms with Crippen molar-refractivity contribution in [3.63, 3.8) is 0 Å². The minimum Gasteiger partial charge on any atom is -0.382 e. The molecule has 35 heavy (non-hydrogen) atoms. The summed E-state index contributed by atoms with van der Waals surface area (Å²) in [5, 5.41) is 9.52. The van der Waals surface area contributed by atoms with E-state index in [0.29, 0.717) is 18.8 Å². The van der Waals surface area contributed by atoms with Gasteiger partial charge in [0.1, 0.15) is 5.56 Å². The molecular formula is C26H26N6O3. The van der Waals surface area contributed by atoms with E-state index in [0.717, 1.165) is 16.7 Å². The van der Waals surface area contributed by atoms with Gasteiger partial charge in [-0.05, 0) is 36.2 Å². The number of nitrogens with one attached hydrogen (secondary N) is 2. The van der Waals surface area contributed by atoms with Crippen molar-refractivity contribution in [1.29, 1.82) is 0 Å². The van der Waals surface area contributed by atoms with Crippen molar-refractivity contribution in [3.8, 4) is 0 Å². The molecule has 0 saturated carbocycles. The number of anilines is 2. The van der Waals surface area contributed by atoms with Crippen LogP contribution in [0.3, 0.4) is 0 Å². The summed E-state index contributed by atoms with van der Waals surface area (Å²) in [6.45, 7) is 2.66. The lowest BCUT2D eigenvalue weighted by molar-refractivity contribution is -0.115. The number of hydrogen-bond donors (Lipinski definition) is 3. The third kappa shape index (κ3) is 6.23. The van der Waals surface area contributed by atoms with Crippen LogP contribution in [-0.4, -0.2) is 32.7 Å². The summed E-state index contributed by atoms with van der Waals surface area (Å²) in [6.07, 6.45) is 3.31. The maximum atomic E-state index is 12.5. The average molecular weight is 471 g/mol. The number of carbonyl (C=O) groups excluding carboxylic acids is 2. The molecular weight excluding hydrogens is 444 g/mol. The van der Waals surface area contributed by atoms with Crippen LogP contribution in [0.15, 0.2) is 83.9 Å². The molecule has 0 saturated heterocycles. The molecule has 0 fully saturated rings. The zero-order valence-electron chi connectivity index (χ0n) is 19.3. The van der Waals surface area contributed by atoms with Gasteiger partial charge in [0.15, 0.2) is 5.82 Å². The highest BCUT2D eigenvalue weighted by Crippen LogP contribution is 2.13. The first kappa shape index (κ1) is 23.5. The molecule has 9 heteroatoms. The first-order valence-corrected chi connectivity index (χ1v) is 11.1. The molecule has 0 radical (unpaired) electrons. The summed E-state index contributed by atoms with van der Waals surface area (Å²) in [7, 11) is 0. The Hall–Kier alpha value is -4.66. The lowest BCUT2D eigenvalue weighted by atomic mass is 10.1. The number of pyridine rings is 1. The van der Waals surface area contributed by atoms with Crippen molar-refractivity contribution < 1.29 is 9.59 Å². The smallest absolute Gasteiger partial charge is 0.257 e. The average Bonchev–Trinajstić information content (AvgIpc) is 3.21. The Morgan fingerprint density at radius 3 is 2.31 bits per heavy atom. The highest BCUT2D eigenvalue weighted by molar-refractivity contribution is 6.01. The fraction of sp³-hybridized carbons (Fsp3) is 0.154. The van der Waals surface area contributed by atoms with Crippen LogP contribution in [0.2, 0.25) is 0 Å². The number of carbonyl (C=O) groups is 2. The fourth-order valence-corrected chi connectivity index (χ4v) is 3.52. The quantitative estimate of drug-likeness (QED) is 0.365. The van der Waals surface area contributed by atoms with E-state index in [1.165, 1.54) is 6.07 Å². The summed E-state index contributed by atoms with van der Waals surface area (Å²) < 4.78 is 3.21. The molecule has 2 amide bonds. The van der Waals surface area contributed by atoms with Gasteiger partial charge in [-0.15, -0.1) is 0 Å². The van der Waals surface area contributed by atoms with Crippen molar-refractivity contribution in [2.45, 2.75) is 20.0 Å². The maximum absolute atomic E-state index is 12.5. The molecule has 0 atom stereocenters. The third-order valence-electron chi connectivity index (χ3n) is 5.40. The monoisotopic (exact) mass is 470 g/mol. The zero-order chi connectivity index (χ0) is 24.8. The Kier molecular flexibility index (Phi) is 7.06. The SMILES string of the molecule is Cc1ccc(NC(=O)CNC(=O)c2cn(Cc3ccc(Cn4ccccc4=O)cc3)nc2N)cc1. The molecule has 0 aliphatic heterocycles. The minimum atomic E-state index is -0.476. The van der Waals surface area contributed by atoms with E-state index in [1.807, 2.05) is 49.4 Å². The lowest BCUT2D eigenvalue weighted by Gasteiger charge is -2.07. The van der Waals surface area contributed by atoms with E-state index in [1.54, 1.807) is 39.8 Å². The van der Waals surface area contributed by atoms with Gasteiger partial charge >= 0.3 is 0 Å². The summed E-state index contributed by atoms with van der Waals surface area (Å²) in [4.78, 5) is 36.5. The van der Waals surface area contributed by atoms with Crippen LogP contribution in [0.25, 0.3) is 0 Å². The molecule has 0 aliphatic carbocycles. The second-order valence-corrected chi connectivity index (χ2v) is 8.21. The van der Waals surface area contributed by atoms with Crippen LogP contribution in [-0.2, 0) is 17.9 Å². The van der Waals surface area contributed by atoms with Gasteiger partial charge in [0.25, 0.3) is 11.5 Å². The summed E-state index contributed by atoms with van der Waals surface area (Å²) in [6, 6.07) is 20.2. The first-order chi connectivity index (χ1) is 16.9. The number of hydrogen-bond acceptors (Lipinski definition) is 5. The van der Waals surface area contributed by atoms with Crippen LogP contribution in [0, 0.1) is 6.92 Å². The lowest BCUT2D eigenvalue weighted by Crippen LogP contribution is -2.33. The number of aryl methyl sites for hydroxylation is 1. The summed E-state index contributed by atoms with van der Waals surface area (Å²) in [5.41, 5.74) is 9.78. The second kappa shape index (κ2) is 10.5. The van der Waals surface area contributed by atoms with Gasteiger partial charge < -0.3 is 20.9 Å². The van der Waals surface area contributed by atoms with Crippen LogP contribution < -0.4 is 21.9 Å². The van der Waals surface area contributed by atoms with Gasteiger partial charge in [-0.2, -0.15) is 5.10 Å². The van der Waals surface area contributed by atoms with Crippen LogP contribution >= 0.6 is 0 Å². The van der Waals surface area contributed by atoms with Gasteiger partial charge in [0.2, 0.25) is 5.91 Å². The van der Waals surface area contributed by atoms with Gasteiger partial charge in [-0.1, -0.05) is 48.0 Å². The number of aromatic nitrogens is 3. The minimum absolute atomic E-state index is 0.0537. The topological polar surface area (TPSA) is 124 Å². The van der Waals surface area contributed by atoms with Crippen molar-refractivity contribution in [2.75, 3.05) is 17.6 Å². The number of rotatable bonds is 8. The van der Waals surface area contributed by atoms with Gasteiger partial charge in [-0.3, -0.25) is 19.1 Å². The van der Waals surface area contributed by atoms with E-state index in [9.17, 15) is 14.4 Å². The highest BCUT2D eigenvalue weighted by Gasteiger charge is 2.15. The predicted molar refractivity (Wildman–Crippen MR) is 134 cm³/mol. The largest absolute Gasteiger partial charge is 0.382 e. The van der Waals surface area contributed by atoms with Gasteiger partial charge in [0, 0.05) is 24.1 Å². The highest BCUT2D eigenvalue weighted by atomic mass is 16.2. The number of benzene rings is 2. The number of amides is 2. The van der Waals surface area contributed by atoms with Crippen LogP contribution in [0.1, 0.15) is 27.0 Å². The molecule has 2 aromatic heterocycles. The summed E-state index contributed by atoms with van der Waals surface area (Å²) in [5.74, 6) is -0.732. The molecule has 4 N–H and O–H groups in total. The normalized spacial score (nSPS) is 10.7. The van der Waals surface area contributed by atoms with Crippen LogP contribution in [0.4, 0.5) is 11.5 Å². The first-order valence-electron chi connectivity index (χ1n) is 11.1. The number of nitrogens with two attached hydrogens (primary N) is 1. The van der Waals surface area contributed by atoms with E-state index >= 15 is 0 Å². The molecule has 0 bridgehead atoms. The molecule has 0 spiro atoms. The second-order valence-electron chi connectivity index (χ2n) is 8.21. The number of nitrogen functional groups attached to an aromatic ring is 1. The Bertz CT molecular complexity index is 1390. The van der Waals surface area contributed by atoms with Crippen molar-refractivity contribution in [3.05, 3.63) is 112 Å². The fourth-order valence-electron chi connectivity index (χ4n) is 3.52. The molecule has 4 rings (SSSR count). The van der Waals surface area contributed by atoms with E-state index in [2.05, 4.69) is 15.7 Å². The molecule has 4 aromatic rings. The molecule has 0 aliphatic rings. The van der Waals surface area contributed by atoms with Gasteiger partial charge in [-0.25, -0.2) is 0 Å². The van der Waals surface area contributed by atoms with Crippen LogP contribution in [0.5, 0.6) is 0 Å². The van der Waals surface area contributed by atoms with Crippen molar-refractivity contribution in [2.24, 2.45) is 0 Å². The van der Waals surface area contributed by atoms with E-state index in [4.69, 9.17) is 5.73 Å². The number of nitrogens with zero attached hydrogens (tertiary/aromatic N) is 3. The molecule has 2 heterocycles. The molecule has 178 valence electrons. The molecule has 9 nitrogen and oxygen atoms in total. The van der Waals surface area contributed by atoms with Crippen molar-refractivity contribution in [1.82, 2.24) is 19.7 Å². The van der Waals surface area contributed by atoms with E-state index in [-0.39, 0.29) is 29.4 Å². The third-order valence-corrected chi connectivity index (χ3v) is 5.40. The van der Waals surface area contributed by atoms with E-state index < -0.39 is 5.91 Å². The Morgan fingerprint density at radius 1 is 0.943 bits per heavy atom. The zero-order valence-corrected chi connectivity index (χ0v) is 19.3. The van der Waals surface area contributed by atoms with Gasteiger partial charge in [0.05, 0.1) is 19.6 Å². The predicted octanol–water partition coefficient (Wildman–Crippen LogP) is 2.40. The Labute approximate surface area is 202 Å². The van der Waals surface area contributed by atoms with Crippen molar-refractivity contribution >= 4 is 23.3 Å². The summed E-state index contributed by atoms with van der Waals surface area (Å²) >= 11 is 0. The Balaban J connectivity index is 1.32. The maximum Gasteiger partial charge on any atom is 0.257 e. The molecule has 2 aromatic carbocycles.